The number of imidazole rings is 2. The Morgan fingerprint density at radius 2 is 1.70 bits per heavy atom. The van der Waals surface area contributed by atoms with Crippen molar-refractivity contribution in [3.8, 4) is 5.75 Å². The third-order valence-corrected chi connectivity index (χ3v) is 5.68. The minimum atomic E-state index is -0.335. The lowest BCUT2D eigenvalue weighted by Gasteiger charge is -2.10. The van der Waals surface area contributed by atoms with Crippen LogP contribution >= 0.6 is 0 Å². The van der Waals surface area contributed by atoms with E-state index in [9.17, 15) is 9.59 Å². The standard InChI is InChI=1S/C22H27N5O3/c1-13(2)11-26-20(28)18-19(24(5)22(26)29)23-21-25(14(3)15(4)27(18)21)12-16-7-9-17(30-6)10-8-16/h7-10,13H,11-12H2,1-6H3. The molecule has 0 aliphatic heterocycles. The molecule has 0 saturated carbocycles. The number of aromatic nitrogens is 5. The molecule has 4 rings (SSSR count). The Morgan fingerprint density at radius 1 is 1.03 bits per heavy atom. The van der Waals surface area contributed by atoms with Crippen LogP contribution in [0.3, 0.4) is 0 Å². The van der Waals surface area contributed by atoms with E-state index in [-0.39, 0.29) is 17.2 Å². The summed E-state index contributed by atoms with van der Waals surface area (Å²) in [6, 6.07) is 7.87. The van der Waals surface area contributed by atoms with Gasteiger partial charge in [-0.25, -0.2) is 4.79 Å². The number of methoxy groups -OCH3 is 1. The van der Waals surface area contributed by atoms with Gasteiger partial charge in [-0.2, -0.15) is 4.98 Å². The summed E-state index contributed by atoms with van der Waals surface area (Å²) < 4.78 is 12.0. The minimum absolute atomic E-state index is 0.179. The molecule has 0 spiro atoms. The molecule has 0 amide bonds. The van der Waals surface area contributed by atoms with Gasteiger partial charge in [-0.3, -0.25) is 18.3 Å². The molecule has 0 aliphatic carbocycles. The van der Waals surface area contributed by atoms with E-state index in [0.717, 1.165) is 22.7 Å². The van der Waals surface area contributed by atoms with Crippen LogP contribution in [-0.4, -0.2) is 30.2 Å². The van der Waals surface area contributed by atoms with E-state index < -0.39 is 0 Å². The number of hydrogen-bond acceptors (Lipinski definition) is 4. The Hall–Kier alpha value is -3.29. The predicted octanol–water partition coefficient (Wildman–Crippen LogP) is 2.48. The van der Waals surface area contributed by atoms with Crippen molar-refractivity contribution in [1.29, 1.82) is 0 Å². The van der Waals surface area contributed by atoms with Crippen molar-refractivity contribution in [3.05, 3.63) is 62.1 Å². The maximum Gasteiger partial charge on any atom is 0.332 e. The van der Waals surface area contributed by atoms with Crippen molar-refractivity contribution in [2.75, 3.05) is 7.11 Å². The molecule has 8 nitrogen and oxygen atoms in total. The Balaban J connectivity index is 1.98. The van der Waals surface area contributed by atoms with Crippen LogP contribution in [0.15, 0.2) is 33.9 Å². The average molecular weight is 409 g/mol. The van der Waals surface area contributed by atoms with Gasteiger partial charge in [-0.1, -0.05) is 26.0 Å². The van der Waals surface area contributed by atoms with Gasteiger partial charge in [0.2, 0.25) is 5.78 Å². The Bertz CT molecular complexity index is 1370. The fourth-order valence-corrected chi connectivity index (χ4v) is 3.94. The van der Waals surface area contributed by atoms with E-state index in [2.05, 4.69) is 4.57 Å². The molecular formula is C22H27N5O3. The van der Waals surface area contributed by atoms with E-state index in [1.165, 1.54) is 9.13 Å². The van der Waals surface area contributed by atoms with Gasteiger partial charge in [-0.15, -0.1) is 0 Å². The van der Waals surface area contributed by atoms with Crippen LogP contribution in [0.5, 0.6) is 5.75 Å². The summed E-state index contributed by atoms with van der Waals surface area (Å²) in [5.41, 5.74) is 3.28. The molecule has 4 aromatic rings. The molecule has 0 aliphatic rings. The average Bonchev–Trinajstić information content (AvgIpc) is 3.22. The second-order valence-electron chi connectivity index (χ2n) is 8.18. The van der Waals surface area contributed by atoms with Crippen molar-refractivity contribution in [1.82, 2.24) is 23.1 Å². The molecule has 1 aromatic carbocycles. The maximum absolute atomic E-state index is 13.3. The van der Waals surface area contributed by atoms with Crippen molar-refractivity contribution in [3.63, 3.8) is 0 Å². The summed E-state index contributed by atoms with van der Waals surface area (Å²) in [5, 5.41) is 0. The number of hydrogen-bond donors (Lipinski definition) is 0. The zero-order chi connectivity index (χ0) is 21.7. The lowest BCUT2D eigenvalue weighted by Crippen LogP contribution is -2.40. The SMILES string of the molecule is COc1ccc(Cn2c(C)c(C)n3c4c(=O)n(CC(C)C)c(=O)n(C)c4nc23)cc1. The largest absolute Gasteiger partial charge is 0.497 e. The van der Waals surface area contributed by atoms with Crippen LogP contribution in [0.2, 0.25) is 0 Å². The second kappa shape index (κ2) is 7.19. The molecule has 0 bridgehead atoms. The molecule has 3 aromatic heterocycles. The molecule has 0 unspecified atom stereocenters. The number of fused-ring (bicyclic) bond motifs is 3. The summed E-state index contributed by atoms with van der Waals surface area (Å²) in [6.07, 6.45) is 0. The third kappa shape index (κ3) is 2.94. The first-order valence-electron chi connectivity index (χ1n) is 10.0. The fraction of sp³-hybridized carbons (Fsp3) is 0.409. The van der Waals surface area contributed by atoms with Crippen LogP contribution in [0.4, 0.5) is 0 Å². The smallest absolute Gasteiger partial charge is 0.332 e. The van der Waals surface area contributed by atoms with Crippen LogP contribution in [0.1, 0.15) is 30.8 Å². The van der Waals surface area contributed by atoms with Gasteiger partial charge in [-0.05, 0) is 37.5 Å². The second-order valence-corrected chi connectivity index (χ2v) is 8.18. The molecule has 0 saturated heterocycles. The lowest BCUT2D eigenvalue weighted by molar-refractivity contribution is 0.414. The monoisotopic (exact) mass is 409 g/mol. The Labute approximate surface area is 174 Å². The van der Waals surface area contributed by atoms with E-state index in [0.29, 0.717) is 30.0 Å². The zero-order valence-corrected chi connectivity index (χ0v) is 18.3. The molecule has 30 heavy (non-hydrogen) atoms. The van der Waals surface area contributed by atoms with Gasteiger partial charge in [0.05, 0.1) is 13.7 Å². The molecule has 0 atom stereocenters. The van der Waals surface area contributed by atoms with Gasteiger partial charge < -0.3 is 9.30 Å². The van der Waals surface area contributed by atoms with E-state index in [1.807, 2.05) is 56.4 Å². The molecule has 3 heterocycles. The van der Waals surface area contributed by atoms with Crippen molar-refractivity contribution < 1.29 is 4.74 Å². The van der Waals surface area contributed by atoms with E-state index in [4.69, 9.17) is 9.72 Å². The molecule has 8 heteroatoms. The molecule has 0 radical (unpaired) electrons. The third-order valence-electron chi connectivity index (χ3n) is 5.68. The summed E-state index contributed by atoms with van der Waals surface area (Å²) in [6.45, 7) is 8.95. The fourth-order valence-electron chi connectivity index (χ4n) is 3.94. The Kier molecular flexibility index (Phi) is 4.80. The predicted molar refractivity (Wildman–Crippen MR) is 117 cm³/mol. The quantitative estimate of drug-likeness (QED) is 0.508. The molecule has 158 valence electrons. The van der Waals surface area contributed by atoms with Gasteiger partial charge >= 0.3 is 5.69 Å². The van der Waals surface area contributed by atoms with Crippen LogP contribution in [0, 0.1) is 19.8 Å². The Morgan fingerprint density at radius 3 is 2.30 bits per heavy atom. The van der Waals surface area contributed by atoms with Crippen molar-refractivity contribution in [2.45, 2.75) is 40.8 Å². The van der Waals surface area contributed by atoms with Crippen molar-refractivity contribution in [2.24, 2.45) is 13.0 Å². The highest BCUT2D eigenvalue weighted by molar-refractivity contribution is 5.76. The molecule has 0 fully saturated rings. The summed E-state index contributed by atoms with van der Waals surface area (Å²) in [5.74, 6) is 1.64. The van der Waals surface area contributed by atoms with Crippen LogP contribution < -0.4 is 16.0 Å². The number of rotatable bonds is 5. The summed E-state index contributed by atoms with van der Waals surface area (Å²) >= 11 is 0. The topological polar surface area (TPSA) is 75.5 Å². The van der Waals surface area contributed by atoms with Crippen LogP contribution in [-0.2, 0) is 20.1 Å². The number of ether oxygens (including phenoxy) is 1. The minimum Gasteiger partial charge on any atom is -0.497 e. The number of aryl methyl sites for hydroxylation is 2. The highest BCUT2D eigenvalue weighted by atomic mass is 16.5. The maximum atomic E-state index is 13.3. The van der Waals surface area contributed by atoms with Crippen LogP contribution in [0.25, 0.3) is 16.9 Å². The van der Waals surface area contributed by atoms with Gasteiger partial charge in [0, 0.05) is 25.0 Å². The highest BCUT2D eigenvalue weighted by Gasteiger charge is 2.22. The first-order valence-corrected chi connectivity index (χ1v) is 10.0. The number of nitrogens with zero attached hydrogens (tertiary/aromatic N) is 5. The van der Waals surface area contributed by atoms with Gasteiger partial charge in [0.1, 0.15) is 5.75 Å². The highest BCUT2D eigenvalue weighted by Crippen LogP contribution is 2.22. The summed E-state index contributed by atoms with van der Waals surface area (Å²) in [4.78, 5) is 30.8. The normalized spacial score (nSPS) is 11.8. The van der Waals surface area contributed by atoms with E-state index in [1.54, 1.807) is 14.2 Å². The first-order chi connectivity index (χ1) is 14.2. The molecular weight excluding hydrogens is 382 g/mol. The molecule has 0 N–H and O–H groups in total. The van der Waals surface area contributed by atoms with E-state index >= 15 is 0 Å². The zero-order valence-electron chi connectivity index (χ0n) is 18.3. The lowest BCUT2D eigenvalue weighted by atomic mass is 10.2. The van der Waals surface area contributed by atoms with Gasteiger partial charge in [0.15, 0.2) is 11.2 Å². The van der Waals surface area contributed by atoms with Crippen molar-refractivity contribution >= 4 is 16.9 Å². The first kappa shape index (κ1) is 20.0. The van der Waals surface area contributed by atoms with Gasteiger partial charge in [0.25, 0.3) is 5.56 Å². The summed E-state index contributed by atoms with van der Waals surface area (Å²) in [7, 11) is 3.31. The number of benzene rings is 1.